The smallest absolute Gasteiger partial charge is 0.128 e. The van der Waals surface area contributed by atoms with Crippen molar-refractivity contribution in [3.05, 3.63) is 24.4 Å². The van der Waals surface area contributed by atoms with Crippen molar-refractivity contribution in [2.45, 2.75) is 12.8 Å². The highest BCUT2D eigenvalue weighted by atomic mass is 15.3. The average molecular weight is 230 g/mol. The molecule has 1 aliphatic carbocycles. The van der Waals surface area contributed by atoms with Crippen molar-refractivity contribution in [2.75, 3.05) is 31.1 Å². The third-order valence-corrected chi connectivity index (χ3v) is 3.56. The number of hydrogen-bond acceptors (Lipinski definition) is 3. The van der Waals surface area contributed by atoms with Crippen molar-refractivity contribution >= 4 is 11.7 Å². The molecule has 1 aromatic rings. The van der Waals surface area contributed by atoms with E-state index < -0.39 is 0 Å². The molecule has 17 heavy (non-hydrogen) atoms. The van der Waals surface area contributed by atoms with E-state index in [1.54, 1.807) is 0 Å². The first-order valence-electron chi connectivity index (χ1n) is 6.34. The molecule has 1 N–H and O–H groups in total. The van der Waals surface area contributed by atoms with Gasteiger partial charge in [0.2, 0.25) is 0 Å². The molecule has 90 valence electrons. The van der Waals surface area contributed by atoms with Gasteiger partial charge in [-0.05, 0) is 25.0 Å². The largest absolute Gasteiger partial charge is 0.357 e. The number of anilines is 1. The molecule has 1 aromatic heterocycles. The van der Waals surface area contributed by atoms with Crippen LogP contribution in [0.15, 0.2) is 24.4 Å². The Balaban J connectivity index is 1.58. The lowest BCUT2D eigenvalue weighted by Crippen LogP contribution is -2.49. The van der Waals surface area contributed by atoms with Crippen LogP contribution in [-0.2, 0) is 0 Å². The molecule has 1 aliphatic heterocycles. The zero-order chi connectivity index (χ0) is 11.7. The summed E-state index contributed by atoms with van der Waals surface area (Å²) in [6.07, 6.45) is 4.28. The fourth-order valence-electron chi connectivity index (χ4n) is 2.33. The van der Waals surface area contributed by atoms with Crippen LogP contribution < -0.4 is 4.90 Å². The highest BCUT2D eigenvalue weighted by molar-refractivity contribution is 5.84. The van der Waals surface area contributed by atoms with Crippen LogP contribution in [0.4, 0.5) is 5.82 Å². The molecule has 2 aliphatic rings. The van der Waals surface area contributed by atoms with Gasteiger partial charge in [-0.3, -0.25) is 5.41 Å². The van der Waals surface area contributed by atoms with Gasteiger partial charge in [0.15, 0.2) is 0 Å². The Morgan fingerprint density at radius 2 is 1.94 bits per heavy atom. The minimum Gasteiger partial charge on any atom is -0.357 e. The van der Waals surface area contributed by atoms with Gasteiger partial charge in [-0.1, -0.05) is 6.07 Å². The second-order valence-corrected chi connectivity index (χ2v) is 4.82. The van der Waals surface area contributed by atoms with Crippen molar-refractivity contribution < 1.29 is 0 Å². The number of amidine groups is 1. The van der Waals surface area contributed by atoms with E-state index in [4.69, 9.17) is 5.41 Å². The number of pyridine rings is 1. The fourth-order valence-corrected chi connectivity index (χ4v) is 2.33. The Hall–Kier alpha value is -1.58. The zero-order valence-electron chi connectivity index (χ0n) is 9.97. The maximum absolute atomic E-state index is 8.06. The third kappa shape index (κ3) is 2.25. The maximum Gasteiger partial charge on any atom is 0.128 e. The van der Waals surface area contributed by atoms with Crippen molar-refractivity contribution in [3.8, 4) is 0 Å². The normalized spacial score (nSPS) is 20.5. The summed E-state index contributed by atoms with van der Waals surface area (Å²) in [5.41, 5.74) is 0. The Labute approximate surface area is 102 Å². The first-order chi connectivity index (χ1) is 8.34. The van der Waals surface area contributed by atoms with Crippen molar-refractivity contribution in [3.63, 3.8) is 0 Å². The van der Waals surface area contributed by atoms with Crippen molar-refractivity contribution in [1.29, 1.82) is 5.41 Å². The fraction of sp³-hybridized carbons (Fsp3) is 0.538. The summed E-state index contributed by atoms with van der Waals surface area (Å²) >= 11 is 0. The van der Waals surface area contributed by atoms with E-state index in [-0.39, 0.29) is 0 Å². The van der Waals surface area contributed by atoms with Gasteiger partial charge < -0.3 is 9.80 Å². The molecule has 0 bridgehead atoms. The molecule has 1 saturated heterocycles. The summed E-state index contributed by atoms with van der Waals surface area (Å²) in [5.74, 6) is 2.49. The monoisotopic (exact) mass is 230 g/mol. The van der Waals surface area contributed by atoms with E-state index in [1.165, 1.54) is 12.8 Å². The van der Waals surface area contributed by atoms with Crippen LogP contribution in [0.2, 0.25) is 0 Å². The van der Waals surface area contributed by atoms with Gasteiger partial charge in [0, 0.05) is 38.3 Å². The standard InChI is InChI=1S/C13H18N4/c14-13(11-4-5-11)17-9-7-16(8-10-17)12-3-1-2-6-15-12/h1-3,6,11,14H,4-5,7-10H2. The summed E-state index contributed by atoms with van der Waals surface area (Å²) in [6.45, 7) is 3.88. The Morgan fingerprint density at radius 1 is 1.18 bits per heavy atom. The molecule has 4 nitrogen and oxygen atoms in total. The van der Waals surface area contributed by atoms with E-state index >= 15 is 0 Å². The predicted molar refractivity (Wildman–Crippen MR) is 68.5 cm³/mol. The van der Waals surface area contributed by atoms with Crippen LogP contribution in [-0.4, -0.2) is 41.9 Å². The maximum atomic E-state index is 8.06. The number of piperazine rings is 1. The Morgan fingerprint density at radius 3 is 2.53 bits per heavy atom. The van der Waals surface area contributed by atoms with Crippen LogP contribution in [0.3, 0.4) is 0 Å². The summed E-state index contributed by atoms with van der Waals surface area (Å²) < 4.78 is 0. The van der Waals surface area contributed by atoms with Gasteiger partial charge in [-0.2, -0.15) is 0 Å². The molecule has 0 spiro atoms. The minimum atomic E-state index is 0.566. The van der Waals surface area contributed by atoms with E-state index in [0.717, 1.165) is 37.8 Å². The van der Waals surface area contributed by atoms with E-state index in [2.05, 4.69) is 20.9 Å². The van der Waals surface area contributed by atoms with Gasteiger partial charge in [0.1, 0.15) is 5.82 Å². The quantitative estimate of drug-likeness (QED) is 0.620. The first-order valence-corrected chi connectivity index (χ1v) is 6.34. The van der Waals surface area contributed by atoms with Crippen LogP contribution >= 0.6 is 0 Å². The van der Waals surface area contributed by atoms with Gasteiger partial charge in [0.05, 0.1) is 5.84 Å². The number of nitrogens with zero attached hydrogens (tertiary/aromatic N) is 3. The molecule has 0 radical (unpaired) electrons. The van der Waals surface area contributed by atoms with E-state index in [1.807, 2.05) is 18.3 Å². The molecule has 4 heteroatoms. The van der Waals surface area contributed by atoms with E-state index in [0.29, 0.717) is 5.92 Å². The summed E-state index contributed by atoms with van der Waals surface area (Å²) in [7, 11) is 0. The van der Waals surface area contributed by atoms with Crippen LogP contribution in [0.5, 0.6) is 0 Å². The van der Waals surface area contributed by atoms with Crippen molar-refractivity contribution in [2.24, 2.45) is 5.92 Å². The van der Waals surface area contributed by atoms with Gasteiger partial charge in [-0.25, -0.2) is 4.98 Å². The predicted octanol–water partition coefficient (Wildman–Crippen LogP) is 1.59. The molecule has 0 amide bonds. The molecule has 3 rings (SSSR count). The second-order valence-electron chi connectivity index (χ2n) is 4.82. The molecule has 0 atom stereocenters. The molecule has 0 aromatic carbocycles. The lowest BCUT2D eigenvalue weighted by atomic mass is 10.2. The molecule has 0 unspecified atom stereocenters. The van der Waals surface area contributed by atoms with Crippen LogP contribution in [0.1, 0.15) is 12.8 Å². The number of nitrogens with one attached hydrogen (secondary N) is 1. The Bertz CT molecular complexity index is 391. The van der Waals surface area contributed by atoms with Crippen LogP contribution in [0.25, 0.3) is 0 Å². The van der Waals surface area contributed by atoms with Crippen molar-refractivity contribution in [1.82, 2.24) is 9.88 Å². The number of rotatable bonds is 2. The Kier molecular flexibility index (Phi) is 2.71. The summed E-state index contributed by atoms with van der Waals surface area (Å²) in [5, 5.41) is 8.06. The first kappa shape index (κ1) is 10.6. The molecule has 2 fully saturated rings. The molecular formula is C13H18N4. The van der Waals surface area contributed by atoms with Crippen LogP contribution in [0, 0.1) is 11.3 Å². The third-order valence-electron chi connectivity index (χ3n) is 3.56. The zero-order valence-corrected chi connectivity index (χ0v) is 9.97. The number of hydrogen-bond donors (Lipinski definition) is 1. The highest BCUT2D eigenvalue weighted by Gasteiger charge is 2.31. The molecule has 1 saturated carbocycles. The summed E-state index contributed by atoms with van der Waals surface area (Å²) in [6, 6.07) is 6.03. The SMILES string of the molecule is N=C(C1CC1)N1CCN(c2ccccn2)CC1. The lowest BCUT2D eigenvalue weighted by molar-refractivity contribution is 0.373. The minimum absolute atomic E-state index is 0.566. The van der Waals surface area contributed by atoms with Gasteiger partial charge >= 0.3 is 0 Å². The highest BCUT2D eigenvalue weighted by Crippen LogP contribution is 2.31. The average Bonchev–Trinajstić information content (AvgIpc) is 3.24. The second kappa shape index (κ2) is 4.35. The summed E-state index contributed by atoms with van der Waals surface area (Å²) in [4.78, 5) is 8.91. The van der Waals surface area contributed by atoms with E-state index in [9.17, 15) is 0 Å². The lowest BCUT2D eigenvalue weighted by Gasteiger charge is -2.36. The topological polar surface area (TPSA) is 43.2 Å². The number of aromatic nitrogens is 1. The van der Waals surface area contributed by atoms with Gasteiger partial charge in [0.25, 0.3) is 0 Å². The molecule has 2 heterocycles. The van der Waals surface area contributed by atoms with Gasteiger partial charge in [-0.15, -0.1) is 0 Å². The molecular weight excluding hydrogens is 212 g/mol.